The molecule has 126 valence electrons. The van der Waals surface area contributed by atoms with Crippen LogP contribution in [0.4, 0.5) is 0 Å². The largest absolute Gasteiger partial charge is 0.315 e. The molecule has 3 heterocycles. The summed E-state index contributed by atoms with van der Waals surface area (Å²) in [5.41, 5.74) is 2.26. The van der Waals surface area contributed by atoms with E-state index >= 15 is 0 Å². The summed E-state index contributed by atoms with van der Waals surface area (Å²) < 4.78 is 3.41. The Morgan fingerprint density at radius 2 is 1.92 bits per heavy atom. The van der Waals surface area contributed by atoms with E-state index in [1.54, 1.807) is 9.08 Å². The third kappa shape index (κ3) is 2.69. The zero-order chi connectivity index (χ0) is 17.4. The Labute approximate surface area is 144 Å². The SMILES string of the molecule is CC(C)CCn1ccc2nc3ncnn3c(-c3ccccc3)c2c1=O. The first-order valence-electron chi connectivity index (χ1n) is 8.43. The Morgan fingerprint density at radius 3 is 2.68 bits per heavy atom. The van der Waals surface area contributed by atoms with Gasteiger partial charge in [0.05, 0.1) is 16.6 Å². The van der Waals surface area contributed by atoms with E-state index in [1.807, 2.05) is 42.6 Å². The van der Waals surface area contributed by atoms with Crippen LogP contribution in [-0.4, -0.2) is 24.1 Å². The van der Waals surface area contributed by atoms with Crippen LogP contribution in [0.5, 0.6) is 0 Å². The van der Waals surface area contributed by atoms with Crippen LogP contribution in [0.3, 0.4) is 0 Å². The maximum absolute atomic E-state index is 13.2. The second kappa shape index (κ2) is 6.12. The van der Waals surface area contributed by atoms with E-state index in [4.69, 9.17) is 0 Å². The minimum Gasteiger partial charge on any atom is -0.315 e. The second-order valence-electron chi connectivity index (χ2n) is 6.56. The second-order valence-corrected chi connectivity index (χ2v) is 6.56. The third-order valence-corrected chi connectivity index (χ3v) is 4.34. The average Bonchev–Trinajstić information content (AvgIpc) is 3.08. The lowest BCUT2D eigenvalue weighted by atomic mass is 10.1. The zero-order valence-corrected chi connectivity index (χ0v) is 14.3. The normalized spacial score (nSPS) is 11.6. The van der Waals surface area contributed by atoms with E-state index in [9.17, 15) is 4.79 Å². The van der Waals surface area contributed by atoms with E-state index in [0.29, 0.717) is 29.1 Å². The van der Waals surface area contributed by atoms with Crippen molar-refractivity contribution in [3.05, 3.63) is 59.3 Å². The Bertz CT molecular complexity index is 1100. The lowest BCUT2D eigenvalue weighted by Crippen LogP contribution is -2.22. The standard InChI is InChI=1S/C19H19N5O/c1-13(2)8-10-23-11-9-15-16(18(23)25)17(14-6-4-3-5-7-14)24-19(22-15)20-12-21-24/h3-7,9,11-13H,8,10H2,1-2H3. The zero-order valence-electron chi connectivity index (χ0n) is 14.3. The van der Waals surface area contributed by atoms with Crippen molar-refractivity contribution >= 4 is 16.7 Å². The summed E-state index contributed by atoms with van der Waals surface area (Å²) in [4.78, 5) is 21.9. The predicted octanol–water partition coefficient (Wildman–Crippen LogP) is 3.15. The van der Waals surface area contributed by atoms with Gasteiger partial charge in [-0.25, -0.2) is 4.98 Å². The van der Waals surface area contributed by atoms with Gasteiger partial charge in [0, 0.05) is 18.3 Å². The molecular weight excluding hydrogens is 314 g/mol. The number of fused-ring (bicyclic) bond motifs is 2. The number of aryl methyl sites for hydroxylation is 1. The smallest absolute Gasteiger partial charge is 0.262 e. The van der Waals surface area contributed by atoms with Gasteiger partial charge in [0.1, 0.15) is 6.33 Å². The van der Waals surface area contributed by atoms with Crippen LogP contribution in [0, 0.1) is 5.92 Å². The summed E-state index contributed by atoms with van der Waals surface area (Å²) in [7, 11) is 0. The van der Waals surface area contributed by atoms with E-state index in [-0.39, 0.29) is 5.56 Å². The first kappa shape index (κ1) is 15.5. The molecule has 0 saturated heterocycles. The van der Waals surface area contributed by atoms with Crippen molar-refractivity contribution in [2.75, 3.05) is 0 Å². The van der Waals surface area contributed by atoms with Crippen molar-refractivity contribution in [2.24, 2.45) is 5.92 Å². The Hall–Kier alpha value is -3.02. The third-order valence-electron chi connectivity index (χ3n) is 4.34. The van der Waals surface area contributed by atoms with Crippen molar-refractivity contribution < 1.29 is 0 Å². The summed E-state index contributed by atoms with van der Waals surface area (Å²) in [6.45, 7) is 5.00. The molecule has 0 saturated carbocycles. The van der Waals surface area contributed by atoms with E-state index < -0.39 is 0 Å². The van der Waals surface area contributed by atoms with Gasteiger partial charge in [-0.1, -0.05) is 44.2 Å². The molecule has 25 heavy (non-hydrogen) atoms. The topological polar surface area (TPSA) is 65.1 Å². The molecule has 4 rings (SSSR count). The van der Waals surface area contributed by atoms with Crippen LogP contribution in [0.2, 0.25) is 0 Å². The predicted molar refractivity (Wildman–Crippen MR) is 97.4 cm³/mol. The van der Waals surface area contributed by atoms with Crippen LogP contribution >= 0.6 is 0 Å². The molecule has 6 nitrogen and oxygen atoms in total. The Morgan fingerprint density at radius 1 is 1.12 bits per heavy atom. The van der Waals surface area contributed by atoms with Crippen LogP contribution in [0.1, 0.15) is 20.3 Å². The highest BCUT2D eigenvalue weighted by Gasteiger charge is 2.16. The minimum atomic E-state index is -0.0399. The molecule has 0 spiro atoms. The number of hydrogen-bond donors (Lipinski definition) is 0. The van der Waals surface area contributed by atoms with Crippen molar-refractivity contribution in [3.63, 3.8) is 0 Å². The highest BCUT2D eigenvalue weighted by molar-refractivity contribution is 5.93. The van der Waals surface area contributed by atoms with Crippen LogP contribution in [0.25, 0.3) is 27.9 Å². The van der Waals surface area contributed by atoms with Gasteiger partial charge in [0.25, 0.3) is 11.3 Å². The molecule has 1 aromatic carbocycles. The molecule has 0 N–H and O–H groups in total. The maximum Gasteiger partial charge on any atom is 0.262 e. The van der Waals surface area contributed by atoms with Crippen molar-refractivity contribution in [3.8, 4) is 11.3 Å². The molecular formula is C19H19N5O. The van der Waals surface area contributed by atoms with Crippen molar-refractivity contribution in [2.45, 2.75) is 26.8 Å². The molecule has 0 aliphatic heterocycles. The molecule has 0 bridgehead atoms. The van der Waals surface area contributed by atoms with Crippen LogP contribution < -0.4 is 5.56 Å². The Kier molecular flexibility index (Phi) is 3.80. The van der Waals surface area contributed by atoms with E-state index in [2.05, 4.69) is 28.9 Å². The monoisotopic (exact) mass is 333 g/mol. The molecule has 0 aliphatic carbocycles. The summed E-state index contributed by atoms with van der Waals surface area (Å²) in [6.07, 6.45) is 4.23. The maximum atomic E-state index is 13.2. The van der Waals surface area contributed by atoms with Gasteiger partial charge in [-0.15, -0.1) is 0 Å². The Balaban J connectivity index is 2.05. The van der Waals surface area contributed by atoms with Gasteiger partial charge >= 0.3 is 0 Å². The lowest BCUT2D eigenvalue weighted by Gasteiger charge is -2.12. The highest BCUT2D eigenvalue weighted by Crippen LogP contribution is 2.25. The fourth-order valence-corrected chi connectivity index (χ4v) is 3.00. The molecule has 0 aliphatic rings. The number of aromatic nitrogens is 5. The highest BCUT2D eigenvalue weighted by atomic mass is 16.1. The number of benzene rings is 1. The van der Waals surface area contributed by atoms with Gasteiger partial charge in [-0.2, -0.15) is 14.6 Å². The fraction of sp³-hybridized carbons (Fsp3) is 0.263. The number of pyridine rings is 1. The number of hydrogen-bond acceptors (Lipinski definition) is 4. The molecule has 0 fully saturated rings. The van der Waals surface area contributed by atoms with Gasteiger partial charge in [-0.05, 0) is 18.4 Å². The molecule has 0 amide bonds. The number of rotatable bonds is 4. The van der Waals surface area contributed by atoms with Crippen LogP contribution in [-0.2, 0) is 6.54 Å². The molecule has 4 aromatic rings. The van der Waals surface area contributed by atoms with Gasteiger partial charge in [-0.3, -0.25) is 4.79 Å². The van der Waals surface area contributed by atoms with Crippen molar-refractivity contribution in [1.82, 2.24) is 24.1 Å². The van der Waals surface area contributed by atoms with Crippen molar-refractivity contribution in [1.29, 1.82) is 0 Å². The molecule has 0 atom stereocenters. The van der Waals surface area contributed by atoms with Gasteiger partial charge < -0.3 is 4.57 Å². The van der Waals surface area contributed by atoms with E-state index in [0.717, 1.165) is 17.7 Å². The van der Waals surface area contributed by atoms with Crippen LogP contribution in [0.15, 0.2) is 53.7 Å². The van der Waals surface area contributed by atoms with Gasteiger partial charge in [0.15, 0.2) is 0 Å². The summed E-state index contributed by atoms with van der Waals surface area (Å²) in [6, 6.07) is 11.7. The first-order valence-corrected chi connectivity index (χ1v) is 8.43. The molecule has 0 unspecified atom stereocenters. The first-order chi connectivity index (χ1) is 12.1. The van der Waals surface area contributed by atoms with Gasteiger partial charge in [0.2, 0.25) is 0 Å². The fourth-order valence-electron chi connectivity index (χ4n) is 3.00. The lowest BCUT2D eigenvalue weighted by molar-refractivity contribution is 0.509. The molecule has 0 radical (unpaired) electrons. The van der Waals surface area contributed by atoms with E-state index in [1.165, 1.54) is 6.33 Å². The minimum absolute atomic E-state index is 0.0399. The summed E-state index contributed by atoms with van der Waals surface area (Å²) in [5.74, 6) is 1.03. The quantitative estimate of drug-likeness (QED) is 0.575. The summed E-state index contributed by atoms with van der Waals surface area (Å²) in [5, 5.41) is 4.86. The molecule has 3 aromatic heterocycles. The average molecular weight is 333 g/mol. The number of nitrogens with zero attached hydrogens (tertiary/aromatic N) is 5. The molecule has 6 heteroatoms. The summed E-state index contributed by atoms with van der Waals surface area (Å²) >= 11 is 0.